The smallest absolute Gasteiger partial charge is 0.317 e. The Morgan fingerprint density at radius 2 is 1.24 bits per heavy atom. The van der Waals surface area contributed by atoms with Crippen LogP contribution in [0.5, 0.6) is 0 Å². The van der Waals surface area contributed by atoms with E-state index in [1.54, 1.807) is 4.90 Å². The molecular weight excluding hydrogens is 460 g/mol. The number of amides is 2. The minimum Gasteiger partial charge on any atom is -0.388 e. The summed E-state index contributed by atoms with van der Waals surface area (Å²) >= 11 is 0. The molecule has 1 heterocycles. The second-order valence-electron chi connectivity index (χ2n) is 9.40. The zero-order valence-corrected chi connectivity index (χ0v) is 20.7. The van der Waals surface area contributed by atoms with Crippen LogP contribution < -0.4 is 5.32 Å². The lowest BCUT2D eigenvalue weighted by Gasteiger charge is -2.37. The van der Waals surface area contributed by atoms with Gasteiger partial charge in [-0.3, -0.25) is 0 Å². The van der Waals surface area contributed by atoms with E-state index in [4.69, 9.17) is 4.74 Å². The topological polar surface area (TPSA) is 61.8 Å². The summed E-state index contributed by atoms with van der Waals surface area (Å²) in [6, 6.07) is 39.8. The van der Waals surface area contributed by atoms with Gasteiger partial charge < -0.3 is 20.1 Å². The number of nitrogens with zero attached hydrogens (tertiary/aromatic N) is 1. The maximum Gasteiger partial charge on any atom is 0.317 e. The van der Waals surface area contributed by atoms with E-state index in [1.807, 2.05) is 72.8 Å². The number of hydrogen-bond acceptors (Lipinski definition) is 3. The Morgan fingerprint density at radius 1 is 0.784 bits per heavy atom. The minimum atomic E-state index is -0.916. The van der Waals surface area contributed by atoms with E-state index in [0.29, 0.717) is 13.1 Å². The van der Waals surface area contributed by atoms with Gasteiger partial charge >= 0.3 is 6.03 Å². The molecule has 5 rings (SSSR count). The van der Waals surface area contributed by atoms with Crippen LogP contribution in [-0.4, -0.2) is 47.9 Å². The Hall–Kier alpha value is -3.93. The third-order valence-electron chi connectivity index (χ3n) is 7.00. The van der Waals surface area contributed by atoms with Crippen LogP contribution in [0, 0.1) is 0 Å². The highest BCUT2D eigenvalue weighted by Crippen LogP contribution is 2.40. The zero-order chi connectivity index (χ0) is 25.5. The van der Waals surface area contributed by atoms with Crippen molar-refractivity contribution in [3.63, 3.8) is 0 Å². The molecule has 0 aromatic heterocycles. The largest absolute Gasteiger partial charge is 0.388 e. The van der Waals surface area contributed by atoms with Crippen LogP contribution in [0.1, 0.15) is 22.3 Å². The van der Waals surface area contributed by atoms with E-state index in [0.717, 1.165) is 23.1 Å². The number of nitrogens with one attached hydrogen (secondary N) is 1. The van der Waals surface area contributed by atoms with Crippen LogP contribution in [0.4, 0.5) is 4.79 Å². The maximum atomic E-state index is 12.6. The molecule has 188 valence electrons. The lowest BCUT2D eigenvalue weighted by atomic mass is 9.80. The normalized spacial score (nSPS) is 16.4. The van der Waals surface area contributed by atoms with Crippen molar-refractivity contribution in [2.45, 2.75) is 24.2 Å². The molecule has 0 spiro atoms. The molecule has 0 bridgehead atoms. The molecule has 0 radical (unpaired) electrons. The average molecular weight is 493 g/mol. The molecule has 0 unspecified atom stereocenters. The highest BCUT2D eigenvalue weighted by atomic mass is 16.5. The Bertz CT molecular complexity index is 1170. The summed E-state index contributed by atoms with van der Waals surface area (Å²) in [5.41, 5.74) is 3.18. The lowest BCUT2D eigenvalue weighted by molar-refractivity contribution is -0.0460. The van der Waals surface area contributed by atoms with Crippen molar-refractivity contribution in [3.05, 3.63) is 144 Å². The Balaban J connectivity index is 1.36. The van der Waals surface area contributed by atoms with Gasteiger partial charge in [-0.15, -0.1) is 0 Å². The van der Waals surface area contributed by atoms with Gasteiger partial charge in [0.2, 0.25) is 0 Å². The SMILES string of the molecule is O=C1N[C@@H]([C@H](O)COC(c2ccccc2)(c2ccccc2)c2ccccc2)CN1CCc1ccccc1. The molecule has 5 nitrogen and oxygen atoms in total. The molecule has 0 aliphatic carbocycles. The van der Waals surface area contributed by atoms with Crippen molar-refractivity contribution < 1.29 is 14.6 Å². The fraction of sp³-hybridized carbons (Fsp3) is 0.219. The highest BCUT2D eigenvalue weighted by molar-refractivity contribution is 5.77. The Morgan fingerprint density at radius 3 is 1.73 bits per heavy atom. The molecule has 1 aliphatic heterocycles. The van der Waals surface area contributed by atoms with Crippen molar-refractivity contribution in [1.82, 2.24) is 10.2 Å². The number of aliphatic hydroxyl groups is 1. The van der Waals surface area contributed by atoms with Gasteiger partial charge in [0.25, 0.3) is 0 Å². The van der Waals surface area contributed by atoms with E-state index >= 15 is 0 Å². The summed E-state index contributed by atoms with van der Waals surface area (Å²) in [5.74, 6) is 0. The van der Waals surface area contributed by atoms with Gasteiger partial charge in [0.1, 0.15) is 5.60 Å². The van der Waals surface area contributed by atoms with E-state index in [9.17, 15) is 9.90 Å². The summed E-state index contributed by atoms with van der Waals surface area (Å²) in [6.45, 7) is 1.09. The standard InChI is InChI=1S/C32H32N2O3/c35-30(29-23-34(31(36)33-29)22-21-25-13-5-1-6-14-25)24-37-32(26-15-7-2-8-16-26,27-17-9-3-10-18-27)28-19-11-4-12-20-28/h1-20,29-30,35H,21-24H2,(H,33,36)/t29-,30-/m1/s1. The zero-order valence-electron chi connectivity index (χ0n) is 20.7. The predicted molar refractivity (Wildman–Crippen MR) is 145 cm³/mol. The van der Waals surface area contributed by atoms with Gasteiger partial charge in [-0.25, -0.2) is 4.79 Å². The van der Waals surface area contributed by atoms with E-state index in [1.165, 1.54) is 5.56 Å². The molecule has 1 fully saturated rings. The Labute approximate surface area is 218 Å². The first kappa shape index (κ1) is 24.8. The van der Waals surface area contributed by atoms with Crippen molar-refractivity contribution in [2.24, 2.45) is 0 Å². The van der Waals surface area contributed by atoms with Crippen LogP contribution in [0.15, 0.2) is 121 Å². The monoisotopic (exact) mass is 492 g/mol. The Kier molecular flexibility index (Phi) is 7.64. The van der Waals surface area contributed by atoms with Crippen LogP contribution in [-0.2, 0) is 16.8 Å². The van der Waals surface area contributed by atoms with Gasteiger partial charge in [-0.2, -0.15) is 0 Å². The molecule has 4 aromatic carbocycles. The van der Waals surface area contributed by atoms with Crippen LogP contribution in [0.2, 0.25) is 0 Å². The van der Waals surface area contributed by atoms with Gasteiger partial charge in [-0.1, -0.05) is 121 Å². The molecule has 4 aromatic rings. The number of hydrogen-bond donors (Lipinski definition) is 2. The number of ether oxygens (including phenoxy) is 1. The van der Waals surface area contributed by atoms with Gasteiger partial charge in [-0.05, 0) is 28.7 Å². The number of urea groups is 1. The van der Waals surface area contributed by atoms with Crippen molar-refractivity contribution in [2.75, 3.05) is 19.7 Å². The van der Waals surface area contributed by atoms with Gasteiger partial charge in [0.05, 0.1) is 18.8 Å². The maximum absolute atomic E-state index is 12.6. The van der Waals surface area contributed by atoms with Gasteiger partial charge in [0, 0.05) is 13.1 Å². The quantitative estimate of drug-likeness (QED) is 0.307. The first-order valence-electron chi connectivity index (χ1n) is 12.7. The fourth-order valence-electron chi connectivity index (χ4n) is 5.03. The molecule has 2 atom stereocenters. The van der Waals surface area contributed by atoms with Crippen LogP contribution in [0.3, 0.4) is 0 Å². The lowest BCUT2D eigenvalue weighted by Crippen LogP contribution is -2.44. The highest BCUT2D eigenvalue weighted by Gasteiger charge is 2.40. The molecule has 2 amide bonds. The summed E-state index contributed by atoms with van der Waals surface area (Å²) in [4.78, 5) is 14.4. The predicted octanol–water partition coefficient (Wildman–Crippen LogP) is 4.99. The van der Waals surface area contributed by atoms with Crippen LogP contribution in [0.25, 0.3) is 0 Å². The number of aliphatic hydroxyl groups excluding tert-OH is 1. The number of benzene rings is 4. The van der Waals surface area contributed by atoms with Crippen molar-refractivity contribution in [1.29, 1.82) is 0 Å². The third-order valence-corrected chi connectivity index (χ3v) is 7.00. The van der Waals surface area contributed by atoms with Gasteiger partial charge in [0.15, 0.2) is 0 Å². The molecule has 0 saturated carbocycles. The first-order valence-corrected chi connectivity index (χ1v) is 12.7. The van der Waals surface area contributed by atoms with Crippen molar-refractivity contribution in [3.8, 4) is 0 Å². The second kappa shape index (κ2) is 11.4. The molecule has 2 N–H and O–H groups in total. The van der Waals surface area contributed by atoms with E-state index < -0.39 is 17.7 Å². The second-order valence-corrected chi connectivity index (χ2v) is 9.40. The summed E-state index contributed by atoms with van der Waals surface area (Å²) in [5, 5.41) is 14.2. The first-order chi connectivity index (χ1) is 18.2. The third kappa shape index (κ3) is 5.43. The molecular formula is C32H32N2O3. The molecule has 5 heteroatoms. The van der Waals surface area contributed by atoms with E-state index in [-0.39, 0.29) is 12.6 Å². The number of rotatable bonds is 10. The average Bonchev–Trinajstić information content (AvgIpc) is 3.35. The number of carbonyl (C=O) groups is 1. The summed E-state index contributed by atoms with van der Waals surface area (Å²) < 4.78 is 6.74. The molecule has 37 heavy (non-hydrogen) atoms. The van der Waals surface area contributed by atoms with Crippen molar-refractivity contribution >= 4 is 6.03 Å². The molecule has 1 aliphatic rings. The van der Waals surface area contributed by atoms with E-state index in [2.05, 4.69) is 53.8 Å². The van der Waals surface area contributed by atoms with Crippen LogP contribution >= 0.6 is 0 Å². The number of carbonyl (C=O) groups excluding carboxylic acids is 1. The fourth-order valence-corrected chi connectivity index (χ4v) is 5.03. The minimum absolute atomic E-state index is 0.0517. The molecule has 1 saturated heterocycles. The summed E-state index contributed by atoms with van der Waals surface area (Å²) in [6.07, 6.45) is -0.103. The summed E-state index contributed by atoms with van der Waals surface area (Å²) in [7, 11) is 0.